The first-order chi connectivity index (χ1) is 6.62. The summed E-state index contributed by atoms with van der Waals surface area (Å²) >= 11 is 3.40. The van der Waals surface area contributed by atoms with Crippen LogP contribution in [0, 0.1) is 0 Å². The molecule has 0 aliphatic heterocycles. The van der Waals surface area contributed by atoms with Crippen molar-refractivity contribution in [2.24, 2.45) is 0 Å². The van der Waals surface area contributed by atoms with E-state index in [1.807, 2.05) is 20.8 Å². The van der Waals surface area contributed by atoms with Crippen LogP contribution >= 0.6 is 27.3 Å². The smallest absolute Gasteiger partial charge is 0.332 e. The van der Waals surface area contributed by atoms with Crippen molar-refractivity contribution < 1.29 is 13.9 Å². The van der Waals surface area contributed by atoms with E-state index in [0.717, 1.165) is 5.01 Å². The molecule has 0 saturated carbocycles. The molecule has 6 heteroatoms. The van der Waals surface area contributed by atoms with E-state index in [-0.39, 0.29) is 11.1 Å². The lowest BCUT2D eigenvalue weighted by Crippen LogP contribution is -2.19. The summed E-state index contributed by atoms with van der Waals surface area (Å²) in [5.41, 5.74) is -0.184. The molecule has 1 rings (SSSR count). The summed E-state index contributed by atoms with van der Waals surface area (Å²) < 4.78 is 25.5. The van der Waals surface area contributed by atoms with Crippen LogP contribution in [0.1, 0.15) is 37.6 Å². The van der Waals surface area contributed by atoms with Gasteiger partial charge in [0.05, 0.1) is 10.7 Å². The number of aliphatic hydroxyl groups excluding tert-OH is 1. The van der Waals surface area contributed by atoms with Crippen molar-refractivity contribution in [1.29, 1.82) is 0 Å². The summed E-state index contributed by atoms with van der Waals surface area (Å²) in [5.74, 6) is 0. The minimum Gasteiger partial charge on any atom is -0.380 e. The normalized spacial score (nSPS) is 15.4. The second kappa shape index (κ2) is 4.07. The summed E-state index contributed by atoms with van der Waals surface area (Å²) in [4.78, 5) is 0.669. The van der Waals surface area contributed by atoms with Crippen LogP contribution in [0.5, 0.6) is 0 Å². The summed E-state index contributed by atoms with van der Waals surface area (Å²) in [6, 6.07) is 0. The zero-order valence-corrected chi connectivity index (χ0v) is 11.0. The fourth-order valence-electron chi connectivity index (χ4n) is 0.924. The Morgan fingerprint density at radius 2 is 2.00 bits per heavy atom. The van der Waals surface area contributed by atoms with Crippen LogP contribution in [0.15, 0.2) is 5.38 Å². The zero-order chi connectivity index (χ0) is 11.9. The van der Waals surface area contributed by atoms with E-state index in [2.05, 4.69) is 20.9 Å². The average Bonchev–Trinajstić information content (AvgIpc) is 2.47. The number of alkyl halides is 3. The highest BCUT2D eigenvalue weighted by Gasteiger charge is 2.38. The predicted octanol–water partition coefficient (Wildman–Crippen LogP) is 3.46. The highest BCUT2D eigenvalue weighted by molar-refractivity contribution is 9.10. The molecule has 2 nitrogen and oxygen atoms in total. The maximum absolute atomic E-state index is 12.7. The second-order valence-corrected chi connectivity index (χ2v) is 6.19. The van der Waals surface area contributed by atoms with Crippen LogP contribution in [0.3, 0.4) is 0 Å². The van der Waals surface area contributed by atoms with Gasteiger partial charge < -0.3 is 5.11 Å². The standard InChI is InChI=1S/C9H12BrF2NOS/c1-8(2,3)7-13-5(4-15-7)6(14)9(10,11)12/h4,6,14H,1-3H3. The Balaban J connectivity index is 2.95. The van der Waals surface area contributed by atoms with Gasteiger partial charge in [-0.2, -0.15) is 8.78 Å². The molecule has 1 aromatic heterocycles. The summed E-state index contributed by atoms with van der Waals surface area (Å²) in [6.45, 7) is 5.82. The van der Waals surface area contributed by atoms with Crippen LogP contribution in [-0.4, -0.2) is 14.9 Å². The molecular weight excluding hydrogens is 288 g/mol. The lowest BCUT2D eigenvalue weighted by Gasteiger charge is -2.16. The Morgan fingerprint density at radius 1 is 1.47 bits per heavy atom. The molecule has 0 amide bonds. The Labute approximate surface area is 99.5 Å². The number of aliphatic hydroxyl groups is 1. The number of thiazole rings is 1. The van der Waals surface area contributed by atoms with Gasteiger partial charge in [-0.25, -0.2) is 4.98 Å². The molecule has 0 bridgehead atoms. The van der Waals surface area contributed by atoms with Gasteiger partial charge in [0.15, 0.2) is 6.10 Å². The van der Waals surface area contributed by atoms with Gasteiger partial charge in [0.2, 0.25) is 0 Å². The van der Waals surface area contributed by atoms with E-state index in [9.17, 15) is 13.9 Å². The fraction of sp³-hybridized carbons (Fsp3) is 0.667. The van der Waals surface area contributed by atoms with Crippen molar-refractivity contribution in [1.82, 2.24) is 4.98 Å². The first-order valence-electron chi connectivity index (χ1n) is 4.33. The van der Waals surface area contributed by atoms with Crippen molar-refractivity contribution in [2.45, 2.75) is 37.1 Å². The molecule has 1 unspecified atom stereocenters. The third kappa shape index (κ3) is 3.19. The molecule has 1 aromatic rings. The van der Waals surface area contributed by atoms with Crippen LogP contribution in [-0.2, 0) is 5.41 Å². The highest BCUT2D eigenvalue weighted by atomic mass is 79.9. The Bertz CT molecular complexity index is 343. The van der Waals surface area contributed by atoms with Gasteiger partial charge >= 0.3 is 4.83 Å². The van der Waals surface area contributed by atoms with Crippen molar-refractivity contribution >= 4 is 27.3 Å². The van der Waals surface area contributed by atoms with Gasteiger partial charge in [-0.05, 0) is 15.9 Å². The largest absolute Gasteiger partial charge is 0.380 e. The lowest BCUT2D eigenvalue weighted by molar-refractivity contribution is -0.0315. The second-order valence-electron chi connectivity index (χ2n) is 4.27. The number of aromatic nitrogens is 1. The number of hydrogen-bond acceptors (Lipinski definition) is 3. The van der Waals surface area contributed by atoms with Gasteiger partial charge in [0.25, 0.3) is 0 Å². The molecule has 1 heterocycles. The van der Waals surface area contributed by atoms with Gasteiger partial charge in [0.1, 0.15) is 0 Å². The molecular formula is C9H12BrF2NOS. The van der Waals surface area contributed by atoms with E-state index < -0.39 is 10.9 Å². The quantitative estimate of drug-likeness (QED) is 0.849. The molecule has 1 atom stereocenters. The maximum atomic E-state index is 12.7. The van der Waals surface area contributed by atoms with Crippen LogP contribution in [0.25, 0.3) is 0 Å². The topological polar surface area (TPSA) is 33.1 Å². The van der Waals surface area contributed by atoms with Crippen molar-refractivity contribution in [3.05, 3.63) is 16.1 Å². The fourth-order valence-corrected chi connectivity index (χ4v) is 2.08. The van der Waals surface area contributed by atoms with E-state index >= 15 is 0 Å². The van der Waals surface area contributed by atoms with E-state index in [1.54, 1.807) is 0 Å². The Morgan fingerprint density at radius 3 is 2.33 bits per heavy atom. The first-order valence-corrected chi connectivity index (χ1v) is 6.00. The monoisotopic (exact) mass is 299 g/mol. The van der Waals surface area contributed by atoms with Gasteiger partial charge in [-0.1, -0.05) is 20.8 Å². The average molecular weight is 300 g/mol. The summed E-state index contributed by atoms with van der Waals surface area (Å²) in [7, 11) is 0. The van der Waals surface area contributed by atoms with E-state index in [1.165, 1.54) is 16.7 Å². The summed E-state index contributed by atoms with van der Waals surface area (Å²) in [5, 5.41) is 11.5. The van der Waals surface area contributed by atoms with Crippen LogP contribution < -0.4 is 0 Å². The minimum absolute atomic E-state index is 0.00630. The molecule has 1 N–H and O–H groups in total. The number of halogens is 3. The molecule has 0 saturated heterocycles. The third-order valence-corrected chi connectivity index (χ3v) is 3.47. The van der Waals surface area contributed by atoms with Crippen LogP contribution in [0.2, 0.25) is 0 Å². The Hall–Kier alpha value is -0.0700. The lowest BCUT2D eigenvalue weighted by atomic mass is 9.98. The molecule has 0 radical (unpaired) electrons. The molecule has 86 valence electrons. The van der Waals surface area contributed by atoms with Crippen molar-refractivity contribution in [3.63, 3.8) is 0 Å². The third-order valence-electron chi connectivity index (χ3n) is 1.75. The van der Waals surface area contributed by atoms with Crippen molar-refractivity contribution in [2.75, 3.05) is 0 Å². The first kappa shape index (κ1) is 13.0. The maximum Gasteiger partial charge on any atom is 0.332 e. The molecule has 0 aliphatic carbocycles. The zero-order valence-electron chi connectivity index (χ0n) is 8.59. The number of rotatable bonds is 2. The molecule has 0 aliphatic rings. The van der Waals surface area contributed by atoms with Gasteiger partial charge in [-0.3, -0.25) is 0 Å². The predicted molar refractivity (Wildman–Crippen MR) is 59.6 cm³/mol. The summed E-state index contributed by atoms with van der Waals surface area (Å²) in [6.07, 6.45) is -1.90. The minimum atomic E-state index is -3.34. The molecule has 15 heavy (non-hydrogen) atoms. The molecule has 0 fully saturated rings. The Kier molecular flexibility index (Phi) is 3.52. The molecule has 0 spiro atoms. The SMILES string of the molecule is CC(C)(C)c1nc(C(O)C(F)(F)Br)cs1. The highest BCUT2D eigenvalue weighted by Crippen LogP contribution is 2.38. The number of hydrogen-bond donors (Lipinski definition) is 1. The van der Waals surface area contributed by atoms with Gasteiger partial charge in [-0.15, -0.1) is 11.3 Å². The van der Waals surface area contributed by atoms with Crippen LogP contribution in [0.4, 0.5) is 8.78 Å². The van der Waals surface area contributed by atoms with E-state index in [4.69, 9.17) is 0 Å². The molecule has 0 aromatic carbocycles. The van der Waals surface area contributed by atoms with Gasteiger partial charge in [0, 0.05) is 10.8 Å². The number of nitrogens with zero attached hydrogens (tertiary/aromatic N) is 1. The van der Waals surface area contributed by atoms with Crippen molar-refractivity contribution in [3.8, 4) is 0 Å². The van der Waals surface area contributed by atoms with E-state index in [0.29, 0.717) is 0 Å².